The van der Waals surface area contributed by atoms with Gasteiger partial charge in [0.2, 0.25) is 5.91 Å². The molecule has 0 saturated heterocycles. The molecule has 8 heteroatoms. The van der Waals surface area contributed by atoms with Gasteiger partial charge in [-0.05, 0) is 42.5 Å². The monoisotopic (exact) mass is 389 g/mol. The largest absolute Gasteiger partial charge is 0.366 e. The molecule has 126 valence electrons. The number of rotatable bonds is 3. The lowest BCUT2D eigenvalue weighted by Crippen LogP contribution is -2.33. The lowest BCUT2D eigenvalue weighted by molar-refractivity contribution is 0.0978. The molecule has 2 amide bonds. The summed E-state index contributed by atoms with van der Waals surface area (Å²) in [6, 6.07) is 13.9. The van der Waals surface area contributed by atoms with Crippen LogP contribution in [0.4, 0.5) is 5.69 Å². The van der Waals surface area contributed by atoms with E-state index in [0.717, 1.165) is 10.1 Å². The molecule has 5 nitrogen and oxygen atoms in total. The predicted octanol–water partition coefficient (Wildman–Crippen LogP) is 3.78. The van der Waals surface area contributed by atoms with Crippen LogP contribution in [0, 0.1) is 0 Å². The molecule has 3 aromatic rings. The molecule has 0 spiro atoms. The van der Waals surface area contributed by atoms with Gasteiger partial charge in [0.15, 0.2) is 5.11 Å². The summed E-state index contributed by atoms with van der Waals surface area (Å²) in [6.07, 6.45) is 0. The topological polar surface area (TPSA) is 84.2 Å². The first kappa shape index (κ1) is 17.3. The third-order valence-corrected chi connectivity index (χ3v) is 5.27. The molecule has 0 bridgehead atoms. The second-order valence-electron chi connectivity index (χ2n) is 5.09. The van der Waals surface area contributed by atoms with Gasteiger partial charge >= 0.3 is 0 Å². The number of nitrogens with two attached hydrogens (primary N) is 1. The van der Waals surface area contributed by atoms with Gasteiger partial charge < -0.3 is 11.1 Å². The Bertz CT molecular complexity index is 983. The fourth-order valence-corrected chi connectivity index (χ4v) is 3.82. The van der Waals surface area contributed by atoms with Gasteiger partial charge in [-0.15, -0.1) is 11.3 Å². The normalized spacial score (nSPS) is 10.4. The maximum absolute atomic E-state index is 12.4. The molecule has 3 rings (SSSR count). The Morgan fingerprint density at radius 1 is 1.08 bits per heavy atom. The van der Waals surface area contributed by atoms with E-state index in [4.69, 9.17) is 29.6 Å². The number of carbonyl (C=O) groups excluding carboxylic acids is 2. The van der Waals surface area contributed by atoms with Gasteiger partial charge in [-0.3, -0.25) is 14.9 Å². The highest BCUT2D eigenvalue weighted by molar-refractivity contribution is 7.80. The molecule has 0 aliphatic rings. The van der Waals surface area contributed by atoms with Crippen molar-refractivity contribution in [3.63, 3.8) is 0 Å². The Kier molecular flexibility index (Phi) is 4.98. The van der Waals surface area contributed by atoms with E-state index >= 15 is 0 Å². The van der Waals surface area contributed by atoms with Gasteiger partial charge in [0.05, 0.1) is 5.02 Å². The van der Waals surface area contributed by atoms with Gasteiger partial charge in [0, 0.05) is 21.3 Å². The summed E-state index contributed by atoms with van der Waals surface area (Å²) in [6.45, 7) is 0. The number of thiocarbonyl (C=S) groups is 1. The molecule has 0 aliphatic carbocycles. The van der Waals surface area contributed by atoms with E-state index in [1.807, 2.05) is 24.3 Å². The quantitative estimate of drug-likeness (QED) is 0.595. The Hall–Kier alpha value is -2.48. The summed E-state index contributed by atoms with van der Waals surface area (Å²) >= 11 is 12.7. The van der Waals surface area contributed by atoms with Crippen molar-refractivity contribution in [1.29, 1.82) is 0 Å². The number of amides is 2. The molecule has 0 aliphatic heterocycles. The number of carbonyl (C=O) groups is 2. The minimum atomic E-state index is -0.512. The van der Waals surface area contributed by atoms with Gasteiger partial charge in [-0.1, -0.05) is 29.8 Å². The Labute approximate surface area is 157 Å². The molecule has 0 unspecified atom stereocenters. The first-order valence-electron chi connectivity index (χ1n) is 7.15. The second kappa shape index (κ2) is 7.18. The van der Waals surface area contributed by atoms with E-state index in [9.17, 15) is 9.59 Å². The third-order valence-electron chi connectivity index (χ3n) is 3.40. The maximum atomic E-state index is 12.4. The van der Waals surface area contributed by atoms with Crippen LogP contribution in [0.1, 0.15) is 20.0 Å². The number of halogens is 1. The molecular formula is C17H12ClN3O2S2. The molecule has 0 saturated carbocycles. The number of anilines is 1. The number of nitrogens with one attached hydrogen (secondary N) is 2. The summed E-state index contributed by atoms with van der Waals surface area (Å²) < 4.78 is 0.929. The van der Waals surface area contributed by atoms with E-state index in [0.29, 0.717) is 21.2 Å². The van der Waals surface area contributed by atoms with Crippen LogP contribution in [0.15, 0.2) is 48.5 Å². The first-order valence-corrected chi connectivity index (χ1v) is 8.75. The van der Waals surface area contributed by atoms with Crippen molar-refractivity contribution in [3.05, 3.63) is 64.0 Å². The lowest BCUT2D eigenvalue weighted by Gasteiger charge is -2.09. The van der Waals surface area contributed by atoms with E-state index in [1.54, 1.807) is 24.3 Å². The van der Waals surface area contributed by atoms with Gasteiger partial charge in [0.25, 0.3) is 5.91 Å². The molecular weight excluding hydrogens is 378 g/mol. The van der Waals surface area contributed by atoms with Crippen molar-refractivity contribution < 1.29 is 9.59 Å². The van der Waals surface area contributed by atoms with E-state index in [2.05, 4.69) is 10.6 Å². The van der Waals surface area contributed by atoms with Crippen LogP contribution in [-0.4, -0.2) is 16.9 Å². The number of primary amides is 1. The highest BCUT2D eigenvalue weighted by Crippen LogP contribution is 2.34. The highest BCUT2D eigenvalue weighted by Gasteiger charge is 2.17. The summed E-state index contributed by atoms with van der Waals surface area (Å²) in [5, 5.41) is 6.84. The average Bonchev–Trinajstić information content (AvgIpc) is 2.92. The molecule has 0 atom stereocenters. The zero-order valence-corrected chi connectivity index (χ0v) is 15.1. The summed E-state index contributed by atoms with van der Waals surface area (Å²) in [5.41, 5.74) is 6.20. The average molecular weight is 390 g/mol. The molecule has 0 fully saturated rings. The standard InChI is InChI=1S/C17H12ClN3O2S2/c18-13-11-3-1-2-4-12(11)25-14(13)16(23)21-17(24)20-10-7-5-9(6-8-10)15(19)22/h1-8H,(H2,19,22)(H2,20,21,23,24). The van der Waals surface area contributed by atoms with Gasteiger partial charge in [0.1, 0.15) is 4.88 Å². The first-order chi connectivity index (χ1) is 12.0. The minimum Gasteiger partial charge on any atom is -0.366 e. The summed E-state index contributed by atoms with van der Waals surface area (Å²) in [4.78, 5) is 23.9. The maximum Gasteiger partial charge on any atom is 0.269 e. The summed E-state index contributed by atoms with van der Waals surface area (Å²) in [7, 11) is 0. The minimum absolute atomic E-state index is 0.130. The van der Waals surface area contributed by atoms with Crippen LogP contribution >= 0.6 is 35.2 Å². The number of benzene rings is 2. The molecule has 0 radical (unpaired) electrons. The second-order valence-corrected chi connectivity index (χ2v) is 6.93. The Balaban J connectivity index is 1.70. The fourth-order valence-electron chi connectivity index (χ4n) is 2.20. The van der Waals surface area contributed by atoms with Crippen molar-refractivity contribution >= 4 is 67.9 Å². The van der Waals surface area contributed by atoms with Crippen LogP contribution in [0.5, 0.6) is 0 Å². The van der Waals surface area contributed by atoms with Crippen LogP contribution in [-0.2, 0) is 0 Å². The van der Waals surface area contributed by atoms with Crippen LogP contribution in [0.2, 0.25) is 5.02 Å². The highest BCUT2D eigenvalue weighted by atomic mass is 35.5. The smallest absolute Gasteiger partial charge is 0.269 e. The molecule has 1 heterocycles. The number of hydrogen-bond donors (Lipinski definition) is 3. The van der Waals surface area contributed by atoms with E-state index < -0.39 is 5.91 Å². The zero-order chi connectivity index (χ0) is 18.0. The van der Waals surface area contributed by atoms with Gasteiger partial charge in [-0.2, -0.15) is 0 Å². The third kappa shape index (κ3) is 3.79. The van der Waals surface area contributed by atoms with Crippen LogP contribution in [0.25, 0.3) is 10.1 Å². The zero-order valence-electron chi connectivity index (χ0n) is 12.7. The number of thiophene rings is 1. The molecule has 1 aromatic heterocycles. The van der Waals surface area contributed by atoms with Crippen molar-refractivity contribution in [1.82, 2.24) is 5.32 Å². The van der Waals surface area contributed by atoms with Crippen molar-refractivity contribution in [2.24, 2.45) is 5.73 Å². The molecule has 4 N–H and O–H groups in total. The SMILES string of the molecule is NC(=O)c1ccc(NC(=S)NC(=O)c2sc3ccccc3c2Cl)cc1. The summed E-state index contributed by atoms with van der Waals surface area (Å²) in [5.74, 6) is -0.890. The number of fused-ring (bicyclic) bond motifs is 1. The number of hydrogen-bond acceptors (Lipinski definition) is 4. The van der Waals surface area contributed by atoms with E-state index in [-0.39, 0.29) is 11.0 Å². The van der Waals surface area contributed by atoms with Crippen LogP contribution in [0.3, 0.4) is 0 Å². The molecule has 25 heavy (non-hydrogen) atoms. The van der Waals surface area contributed by atoms with E-state index in [1.165, 1.54) is 11.3 Å². The predicted molar refractivity (Wildman–Crippen MR) is 105 cm³/mol. The lowest BCUT2D eigenvalue weighted by atomic mass is 10.2. The van der Waals surface area contributed by atoms with Crippen molar-refractivity contribution in [2.45, 2.75) is 0 Å². The Morgan fingerprint density at radius 3 is 2.40 bits per heavy atom. The fraction of sp³-hybridized carbons (Fsp3) is 0. The van der Waals surface area contributed by atoms with Crippen molar-refractivity contribution in [3.8, 4) is 0 Å². The van der Waals surface area contributed by atoms with Gasteiger partial charge in [-0.25, -0.2) is 0 Å². The Morgan fingerprint density at radius 2 is 1.76 bits per heavy atom. The van der Waals surface area contributed by atoms with Crippen LogP contribution < -0.4 is 16.4 Å². The molecule has 2 aromatic carbocycles. The van der Waals surface area contributed by atoms with Crippen molar-refractivity contribution in [2.75, 3.05) is 5.32 Å².